The second kappa shape index (κ2) is 6.63. The molecule has 3 fully saturated rings. The van der Waals surface area contributed by atoms with Crippen LogP contribution in [-0.2, 0) is 14.4 Å². The van der Waals surface area contributed by atoms with Crippen molar-refractivity contribution in [3.8, 4) is 0 Å². The monoisotopic (exact) mass is 329 g/mol. The lowest BCUT2D eigenvalue weighted by atomic mass is 9.58. The Morgan fingerprint density at radius 2 is 1.33 bits per heavy atom. The van der Waals surface area contributed by atoms with Crippen molar-refractivity contribution in [3.05, 3.63) is 24.3 Å². The van der Waals surface area contributed by atoms with Gasteiger partial charge in [-0.3, -0.25) is 9.59 Å². The third-order valence-electron chi connectivity index (χ3n) is 5.27. The molecule has 3 saturated carbocycles. The number of carbonyl (C=O) groups excluding carboxylic acids is 3. The molecule has 0 unspecified atom stereocenters. The number of hydrogen-bond acceptors (Lipinski definition) is 4. The minimum absolute atomic E-state index is 0.0536. The quantitative estimate of drug-likeness (QED) is 0.872. The summed E-state index contributed by atoms with van der Waals surface area (Å²) in [5.41, 5.74) is 1.23. The highest BCUT2D eigenvalue weighted by atomic mass is 16.4. The Kier molecular flexibility index (Phi) is 4.55. The smallest absolute Gasteiger partial charge is 0.228 e. The fourth-order valence-electron chi connectivity index (χ4n) is 4.23. The maximum Gasteiger partial charge on any atom is 0.228 e. The molecule has 3 aliphatic carbocycles. The van der Waals surface area contributed by atoms with Crippen molar-refractivity contribution in [3.63, 3.8) is 0 Å². The van der Waals surface area contributed by atoms with Crippen LogP contribution in [0.1, 0.15) is 32.6 Å². The third kappa shape index (κ3) is 3.27. The number of hydrogen-bond donors (Lipinski definition) is 2. The molecule has 2 amide bonds. The zero-order chi connectivity index (χ0) is 17.3. The van der Waals surface area contributed by atoms with Crippen LogP contribution in [0.4, 0.5) is 11.4 Å². The second-order valence-corrected chi connectivity index (χ2v) is 6.79. The Bertz CT molecular complexity index is 647. The van der Waals surface area contributed by atoms with Crippen molar-refractivity contribution in [2.75, 3.05) is 10.6 Å². The van der Waals surface area contributed by atoms with E-state index in [2.05, 4.69) is 10.6 Å². The fourth-order valence-corrected chi connectivity index (χ4v) is 4.23. The molecule has 0 heterocycles. The van der Waals surface area contributed by atoms with E-state index in [1.165, 1.54) is 6.92 Å². The number of benzene rings is 1. The molecule has 24 heavy (non-hydrogen) atoms. The van der Waals surface area contributed by atoms with Gasteiger partial charge in [-0.25, -0.2) is 0 Å². The molecule has 6 nitrogen and oxygen atoms in total. The van der Waals surface area contributed by atoms with Crippen LogP contribution < -0.4 is 15.7 Å². The highest BCUT2D eigenvalue weighted by molar-refractivity contribution is 5.96. The molecule has 0 spiro atoms. The van der Waals surface area contributed by atoms with E-state index in [1.807, 2.05) is 0 Å². The zero-order valence-electron chi connectivity index (χ0n) is 13.6. The largest absolute Gasteiger partial charge is 0.550 e. The van der Waals surface area contributed by atoms with Gasteiger partial charge in [0.05, 0.1) is 0 Å². The van der Waals surface area contributed by atoms with Crippen LogP contribution in [0.5, 0.6) is 0 Å². The average Bonchev–Trinajstić information content (AvgIpc) is 2.56. The van der Waals surface area contributed by atoms with Gasteiger partial charge in [0, 0.05) is 36.1 Å². The Labute approximate surface area is 140 Å². The van der Waals surface area contributed by atoms with E-state index in [4.69, 9.17) is 0 Å². The van der Waals surface area contributed by atoms with Gasteiger partial charge >= 0.3 is 0 Å². The molecule has 0 aromatic heterocycles. The number of anilines is 2. The van der Waals surface area contributed by atoms with Crippen LogP contribution in [0.3, 0.4) is 0 Å². The molecular formula is C18H21N2O4-. The standard InChI is InChI=1S/C18H22N2O4/c1-10(21)19-13-6-8-14(9-7-13)20-17(22)15-11-2-4-12(5-3-11)16(15)18(23)24/h6-9,11-12,15-16H,2-5H2,1H3,(H,19,21)(H,20,22)(H,23,24)/p-1/t11?,12?,15-,16-/m1/s1. The summed E-state index contributed by atoms with van der Waals surface area (Å²) in [5, 5.41) is 17.0. The van der Waals surface area contributed by atoms with E-state index in [9.17, 15) is 19.5 Å². The SMILES string of the molecule is CC(=O)Nc1ccc(NC(=O)[C@@H]2C3CCC(CC3)[C@H]2C(=O)[O-])cc1. The lowest BCUT2D eigenvalue weighted by Crippen LogP contribution is -2.52. The number of carbonyl (C=O) groups is 3. The van der Waals surface area contributed by atoms with E-state index in [0.717, 1.165) is 25.7 Å². The number of nitrogens with one attached hydrogen (secondary N) is 2. The van der Waals surface area contributed by atoms with Gasteiger partial charge in [0.15, 0.2) is 0 Å². The molecular weight excluding hydrogens is 308 g/mol. The number of carboxylic acids is 1. The van der Waals surface area contributed by atoms with Crippen LogP contribution in [-0.4, -0.2) is 17.8 Å². The lowest BCUT2D eigenvalue weighted by Gasteiger charge is -2.48. The van der Waals surface area contributed by atoms with Gasteiger partial charge in [-0.05, 0) is 61.8 Å². The van der Waals surface area contributed by atoms with Crippen molar-refractivity contribution in [1.82, 2.24) is 0 Å². The summed E-state index contributed by atoms with van der Waals surface area (Å²) in [5.74, 6) is -2.54. The Morgan fingerprint density at radius 1 is 0.875 bits per heavy atom. The molecule has 2 N–H and O–H groups in total. The van der Waals surface area contributed by atoms with Crippen LogP contribution >= 0.6 is 0 Å². The second-order valence-electron chi connectivity index (χ2n) is 6.79. The molecule has 0 saturated heterocycles. The number of carboxylic acid groups (broad SMARTS) is 1. The molecule has 2 atom stereocenters. The summed E-state index contributed by atoms with van der Waals surface area (Å²) in [7, 11) is 0. The normalized spacial score (nSPS) is 28.2. The first-order valence-corrected chi connectivity index (χ1v) is 8.35. The van der Waals surface area contributed by atoms with Gasteiger partial charge in [-0.15, -0.1) is 0 Å². The molecule has 3 aliphatic rings. The van der Waals surface area contributed by atoms with Gasteiger partial charge in [-0.2, -0.15) is 0 Å². The summed E-state index contributed by atoms with van der Waals surface area (Å²) in [4.78, 5) is 35.2. The Hall–Kier alpha value is -2.37. The molecule has 1 aromatic rings. The molecule has 4 rings (SSSR count). The highest BCUT2D eigenvalue weighted by Crippen LogP contribution is 2.49. The van der Waals surface area contributed by atoms with E-state index < -0.39 is 17.8 Å². The van der Waals surface area contributed by atoms with Gasteiger partial charge in [0.25, 0.3) is 0 Å². The molecule has 0 aliphatic heterocycles. The van der Waals surface area contributed by atoms with Crippen molar-refractivity contribution >= 4 is 29.2 Å². The summed E-state index contributed by atoms with van der Waals surface area (Å²) in [6.07, 6.45) is 3.57. The minimum atomic E-state index is -1.11. The lowest BCUT2D eigenvalue weighted by molar-refractivity contribution is -0.318. The maximum absolute atomic E-state index is 12.7. The van der Waals surface area contributed by atoms with Crippen LogP contribution in [0.25, 0.3) is 0 Å². The number of amides is 2. The van der Waals surface area contributed by atoms with Gasteiger partial charge in [0.2, 0.25) is 11.8 Å². The van der Waals surface area contributed by atoms with Crippen molar-refractivity contribution in [1.29, 1.82) is 0 Å². The molecule has 1 aromatic carbocycles. The predicted molar refractivity (Wildman–Crippen MR) is 86.8 cm³/mol. The summed E-state index contributed by atoms with van der Waals surface area (Å²) >= 11 is 0. The first kappa shape index (κ1) is 16.5. The number of rotatable bonds is 4. The first-order chi connectivity index (χ1) is 11.5. The van der Waals surface area contributed by atoms with E-state index in [1.54, 1.807) is 24.3 Å². The van der Waals surface area contributed by atoms with Crippen LogP contribution in [0.15, 0.2) is 24.3 Å². The Morgan fingerprint density at radius 3 is 1.79 bits per heavy atom. The summed E-state index contributed by atoms with van der Waals surface area (Å²) in [6, 6.07) is 6.77. The van der Waals surface area contributed by atoms with Gasteiger partial charge < -0.3 is 20.5 Å². The fraction of sp³-hybridized carbons (Fsp3) is 0.500. The molecule has 2 bridgehead atoms. The van der Waals surface area contributed by atoms with E-state index >= 15 is 0 Å². The maximum atomic E-state index is 12.7. The molecule has 6 heteroatoms. The molecule has 128 valence electrons. The molecule has 0 radical (unpaired) electrons. The van der Waals surface area contributed by atoms with E-state index in [0.29, 0.717) is 11.4 Å². The van der Waals surface area contributed by atoms with Gasteiger partial charge in [0.1, 0.15) is 0 Å². The third-order valence-corrected chi connectivity index (χ3v) is 5.27. The van der Waals surface area contributed by atoms with Crippen molar-refractivity contribution in [2.45, 2.75) is 32.6 Å². The van der Waals surface area contributed by atoms with Crippen LogP contribution in [0, 0.1) is 23.7 Å². The van der Waals surface area contributed by atoms with Crippen LogP contribution in [0.2, 0.25) is 0 Å². The topological polar surface area (TPSA) is 98.3 Å². The number of fused-ring (bicyclic) bond motifs is 3. The van der Waals surface area contributed by atoms with E-state index in [-0.39, 0.29) is 23.7 Å². The summed E-state index contributed by atoms with van der Waals surface area (Å²) in [6.45, 7) is 1.42. The number of aliphatic carboxylic acids is 1. The van der Waals surface area contributed by atoms with Crippen molar-refractivity contribution < 1.29 is 19.5 Å². The Balaban J connectivity index is 1.71. The van der Waals surface area contributed by atoms with Gasteiger partial charge in [-0.1, -0.05) is 0 Å². The zero-order valence-corrected chi connectivity index (χ0v) is 13.6. The highest BCUT2D eigenvalue weighted by Gasteiger charge is 2.47. The predicted octanol–water partition coefficient (Wildman–Crippen LogP) is 1.39. The average molecular weight is 329 g/mol. The first-order valence-electron chi connectivity index (χ1n) is 8.35. The minimum Gasteiger partial charge on any atom is -0.550 e. The van der Waals surface area contributed by atoms with Crippen molar-refractivity contribution in [2.24, 2.45) is 23.7 Å². The summed E-state index contributed by atoms with van der Waals surface area (Å²) < 4.78 is 0.